The molecule has 2 unspecified atom stereocenters. The first-order valence-electron chi connectivity index (χ1n) is 10.8. The van der Waals surface area contributed by atoms with E-state index in [2.05, 4.69) is 15.5 Å². The normalized spacial score (nSPS) is 18.1. The van der Waals surface area contributed by atoms with E-state index < -0.39 is 23.3 Å². The lowest BCUT2D eigenvalue weighted by molar-refractivity contribution is -0.124. The van der Waals surface area contributed by atoms with Crippen molar-refractivity contribution in [3.63, 3.8) is 0 Å². The van der Waals surface area contributed by atoms with Crippen LogP contribution in [-0.2, 0) is 16.0 Å². The summed E-state index contributed by atoms with van der Waals surface area (Å²) in [5.74, 6) is -0.557. The van der Waals surface area contributed by atoms with Gasteiger partial charge in [-0.3, -0.25) is 19.4 Å². The molecule has 2 atom stereocenters. The number of ether oxygens (including phenoxy) is 1. The third kappa shape index (κ3) is 5.90. The Bertz CT molecular complexity index is 1180. The minimum absolute atomic E-state index is 0.123. The smallest absolute Gasteiger partial charge is 0.246 e. The predicted molar refractivity (Wildman–Crippen MR) is 134 cm³/mol. The van der Waals surface area contributed by atoms with Gasteiger partial charge in [0, 0.05) is 23.3 Å². The van der Waals surface area contributed by atoms with Gasteiger partial charge < -0.3 is 10.1 Å². The van der Waals surface area contributed by atoms with Gasteiger partial charge in [-0.1, -0.05) is 23.7 Å². The molecule has 1 aliphatic heterocycles. The first-order chi connectivity index (χ1) is 16.9. The van der Waals surface area contributed by atoms with Crippen molar-refractivity contribution in [1.82, 2.24) is 15.1 Å². The van der Waals surface area contributed by atoms with Crippen LogP contribution < -0.4 is 15.0 Å². The molecule has 2 aromatic carbocycles. The number of aromatic nitrogens is 2. The number of nitrogens with zero attached hydrogens (tertiary/aromatic N) is 4. The van der Waals surface area contributed by atoms with E-state index in [1.54, 1.807) is 24.3 Å². The molecule has 35 heavy (non-hydrogen) atoms. The molecule has 182 valence electrons. The molecule has 0 bridgehead atoms. The molecular formula is C24H23ClFN5O3S. The van der Waals surface area contributed by atoms with E-state index in [0.717, 1.165) is 5.56 Å². The third-order valence-corrected chi connectivity index (χ3v) is 6.40. The second kappa shape index (κ2) is 11.0. The van der Waals surface area contributed by atoms with Crippen molar-refractivity contribution in [2.75, 3.05) is 23.9 Å². The summed E-state index contributed by atoms with van der Waals surface area (Å²) in [6, 6.07) is 15.4. The number of carbonyl (C=O) groups is 2. The summed E-state index contributed by atoms with van der Waals surface area (Å²) in [6.45, 7) is 0.458. The Morgan fingerprint density at radius 2 is 1.83 bits per heavy atom. The first kappa shape index (κ1) is 24.9. The molecule has 4 rings (SSSR count). The molecular weight excluding hydrogens is 493 g/mol. The summed E-state index contributed by atoms with van der Waals surface area (Å²) in [4.78, 5) is 29.6. The maximum atomic E-state index is 13.5. The molecule has 1 saturated heterocycles. The van der Waals surface area contributed by atoms with Gasteiger partial charge in [0.25, 0.3) is 0 Å². The number of methoxy groups -OCH3 is 1. The van der Waals surface area contributed by atoms with Crippen LogP contribution in [0, 0.1) is 5.82 Å². The molecule has 0 aliphatic carbocycles. The molecule has 1 aromatic heterocycles. The van der Waals surface area contributed by atoms with Crippen molar-refractivity contribution in [3.05, 3.63) is 77.1 Å². The number of halogens is 2. The van der Waals surface area contributed by atoms with E-state index in [0.29, 0.717) is 29.6 Å². The number of thiol groups is 1. The number of anilines is 2. The minimum Gasteiger partial charge on any atom is -0.480 e. The SMILES string of the molecule is COc1ccc(NC(=O)CC2C(=O)N(c3ccc(F)cc3)C(S)N2CCc2ccc(Cl)cc2)nn1. The molecule has 1 aliphatic rings. The number of benzene rings is 2. The van der Waals surface area contributed by atoms with Crippen molar-refractivity contribution in [2.24, 2.45) is 0 Å². The average molecular weight is 516 g/mol. The van der Waals surface area contributed by atoms with Gasteiger partial charge in [-0.15, -0.1) is 22.8 Å². The fourth-order valence-corrected chi connectivity index (χ4v) is 4.49. The Hall–Kier alpha value is -3.21. The number of hydrogen-bond donors (Lipinski definition) is 2. The number of nitrogens with one attached hydrogen (secondary N) is 1. The molecule has 2 heterocycles. The van der Waals surface area contributed by atoms with Crippen LogP contribution in [0.25, 0.3) is 0 Å². The lowest BCUT2D eigenvalue weighted by Crippen LogP contribution is -2.40. The Morgan fingerprint density at radius 3 is 2.46 bits per heavy atom. The van der Waals surface area contributed by atoms with E-state index in [1.165, 1.54) is 36.3 Å². The number of amides is 2. The Balaban J connectivity index is 1.53. The Kier molecular flexibility index (Phi) is 7.84. The molecule has 3 aromatic rings. The average Bonchev–Trinajstić information content (AvgIpc) is 3.08. The Labute approximate surface area is 212 Å². The minimum atomic E-state index is -0.777. The second-order valence-electron chi connectivity index (χ2n) is 7.87. The molecule has 1 N–H and O–H groups in total. The molecule has 11 heteroatoms. The fourth-order valence-electron chi connectivity index (χ4n) is 3.84. The third-order valence-electron chi connectivity index (χ3n) is 5.62. The molecule has 1 fully saturated rings. The van der Waals surface area contributed by atoms with E-state index in [-0.39, 0.29) is 18.1 Å². The molecule has 8 nitrogen and oxygen atoms in total. The van der Waals surface area contributed by atoms with Gasteiger partial charge in [0.05, 0.1) is 13.5 Å². The number of carbonyl (C=O) groups excluding carboxylic acids is 2. The van der Waals surface area contributed by atoms with Gasteiger partial charge in [0.1, 0.15) is 17.4 Å². The van der Waals surface area contributed by atoms with Gasteiger partial charge in [-0.2, -0.15) is 0 Å². The van der Waals surface area contributed by atoms with Gasteiger partial charge in [0.2, 0.25) is 17.7 Å². The van der Waals surface area contributed by atoms with Crippen LogP contribution in [0.2, 0.25) is 5.02 Å². The van der Waals surface area contributed by atoms with Crippen LogP contribution >= 0.6 is 24.2 Å². The highest BCUT2D eigenvalue weighted by atomic mass is 35.5. The topological polar surface area (TPSA) is 87.7 Å². The molecule has 2 amide bonds. The summed E-state index contributed by atoms with van der Waals surface area (Å²) < 4.78 is 18.4. The second-order valence-corrected chi connectivity index (χ2v) is 8.77. The van der Waals surface area contributed by atoms with Gasteiger partial charge >= 0.3 is 0 Å². The van der Waals surface area contributed by atoms with Gasteiger partial charge in [0.15, 0.2) is 5.82 Å². The maximum absolute atomic E-state index is 13.5. The highest BCUT2D eigenvalue weighted by molar-refractivity contribution is 7.81. The summed E-state index contributed by atoms with van der Waals surface area (Å²) in [5, 5.41) is 11.0. The summed E-state index contributed by atoms with van der Waals surface area (Å²) in [5.41, 5.74) is 0.884. The van der Waals surface area contributed by atoms with E-state index in [4.69, 9.17) is 29.0 Å². The van der Waals surface area contributed by atoms with Crippen LogP contribution in [0.5, 0.6) is 5.88 Å². The van der Waals surface area contributed by atoms with Crippen molar-refractivity contribution < 1.29 is 18.7 Å². The van der Waals surface area contributed by atoms with Crippen LogP contribution in [-0.4, -0.2) is 52.1 Å². The lowest BCUT2D eigenvalue weighted by Gasteiger charge is -2.27. The van der Waals surface area contributed by atoms with E-state index in [9.17, 15) is 14.0 Å². The lowest BCUT2D eigenvalue weighted by atomic mass is 10.1. The van der Waals surface area contributed by atoms with Crippen molar-refractivity contribution in [2.45, 2.75) is 24.4 Å². The van der Waals surface area contributed by atoms with Crippen LogP contribution in [0.15, 0.2) is 60.7 Å². The first-order valence-corrected chi connectivity index (χ1v) is 11.7. The molecule has 0 spiro atoms. The van der Waals surface area contributed by atoms with Crippen molar-refractivity contribution in [1.29, 1.82) is 0 Å². The van der Waals surface area contributed by atoms with Crippen molar-refractivity contribution in [3.8, 4) is 5.88 Å². The Morgan fingerprint density at radius 1 is 1.11 bits per heavy atom. The van der Waals surface area contributed by atoms with Gasteiger partial charge in [-0.05, 0) is 54.4 Å². The van der Waals surface area contributed by atoms with E-state index in [1.807, 2.05) is 17.0 Å². The monoisotopic (exact) mass is 515 g/mol. The fraction of sp³-hybridized carbons (Fsp3) is 0.250. The van der Waals surface area contributed by atoms with Crippen LogP contribution in [0.4, 0.5) is 15.9 Å². The highest BCUT2D eigenvalue weighted by Gasteiger charge is 2.45. The predicted octanol–water partition coefficient (Wildman–Crippen LogP) is 3.78. The van der Waals surface area contributed by atoms with E-state index >= 15 is 0 Å². The zero-order chi connectivity index (χ0) is 24.9. The zero-order valence-electron chi connectivity index (χ0n) is 18.8. The number of rotatable bonds is 8. The quantitative estimate of drug-likeness (QED) is 0.444. The maximum Gasteiger partial charge on any atom is 0.246 e. The zero-order valence-corrected chi connectivity index (χ0v) is 20.4. The van der Waals surface area contributed by atoms with Crippen LogP contribution in [0.1, 0.15) is 12.0 Å². The summed E-state index contributed by atoms with van der Waals surface area (Å²) in [6.07, 6.45) is 0.489. The highest BCUT2D eigenvalue weighted by Crippen LogP contribution is 2.32. The molecule has 0 saturated carbocycles. The molecule has 0 radical (unpaired) electrons. The number of hydrogen-bond acceptors (Lipinski definition) is 7. The largest absolute Gasteiger partial charge is 0.480 e. The summed E-state index contributed by atoms with van der Waals surface area (Å²) >= 11 is 10.7. The van der Waals surface area contributed by atoms with Crippen molar-refractivity contribution >= 4 is 47.5 Å². The van der Waals surface area contributed by atoms with Crippen LogP contribution in [0.3, 0.4) is 0 Å². The van der Waals surface area contributed by atoms with Gasteiger partial charge in [-0.25, -0.2) is 4.39 Å². The summed E-state index contributed by atoms with van der Waals surface area (Å²) in [7, 11) is 1.47. The standard InChI is InChI=1S/C24H23ClFN5O3S/c1-34-22-11-10-20(28-29-22)27-21(32)14-19-23(33)31(18-8-6-17(26)7-9-18)24(35)30(19)13-12-15-2-4-16(25)5-3-15/h2-11,19,24,35H,12-14H2,1H3,(H,27,28,32).